The molecular weight excluding hydrogens is 354 g/mol. The summed E-state index contributed by atoms with van der Waals surface area (Å²) in [6, 6.07) is 17.4. The second kappa shape index (κ2) is 7.56. The van der Waals surface area contributed by atoms with Crippen LogP contribution in [0.2, 0.25) is 0 Å². The minimum absolute atomic E-state index is 0.00604. The van der Waals surface area contributed by atoms with Gasteiger partial charge in [0.2, 0.25) is 5.91 Å². The van der Waals surface area contributed by atoms with Crippen molar-refractivity contribution in [2.24, 2.45) is 0 Å². The Kier molecular flexibility index (Phi) is 4.96. The van der Waals surface area contributed by atoms with E-state index in [4.69, 9.17) is 0 Å². The van der Waals surface area contributed by atoms with Gasteiger partial charge in [-0.1, -0.05) is 42.5 Å². The molecule has 0 unspecified atom stereocenters. The molecule has 0 saturated carbocycles. The van der Waals surface area contributed by atoms with Crippen LogP contribution < -0.4 is 5.56 Å². The van der Waals surface area contributed by atoms with Gasteiger partial charge in [-0.3, -0.25) is 9.59 Å². The van der Waals surface area contributed by atoms with Crippen molar-refractivity contribution in [2.75, 3.05) is 13.1 Å². The summed E-state index contributed by atoms with van der Waals surface area (Å²) in [5.74, 6) is -0.204. The lowest BCUT2D eigenvalue weighted by molar-refractivity contribution is -0.135. The second-order valence-electron chi connectivity index (χ2n) is 7.38. The molecule has 144 valence electrons. The summed E-state index contributed by atoms with van der Waals surface area (Å²) >= 11 is 0. The molecule has 0 radical (unpaired) electrons. The Morgan fingerprint density at radius 2 is 1.93 bits per heavy atom. The van der Waals surface area contributed by atoms with Gasteiger partial charge in [-0.25, -0.2) is 4.68 Å². The van der Waals surface area contributed by atoms with Crippen molar-refractivity contribution >= 4 is 16.7 Å². The van der Waals surface area contributed by atoms with E-state index >= 15 is 0 Å². The highest BCUT2D eigenvalue weighted by atomic mass is 16.3. The fraction of sp³-hybridized carbons (Fsp3) is 0.318. The summed E-state index contributed by atoms with van der Waals surface area (Å²) in [5, 5.41) is 17.1. The topological polar surface area (TPSA) is 75.4 Å². The van der Waals surface area contributed by atoms with E-state index in [0.717, 1.165) is 10.9 Å². The van der Waals surface area contributed by atoms with Gasteiger partial charge in [-0.05, 0) is 35.7 Å². The van der Waals surface area contributed by atoms with E-state index in [-0.39, 0.29) is 30.5 Å². The lowest BCUT2D eigenvalue weighted by Crippen LogP contribution is -2.47. The zero-order valence-electron chi connectivity index (χ0n) is 15.8. The van der Waals surface area contributed by atoms with Gasteiger partial charge >= 0.3 is 0 Å². The lowest BCUT2D eigenvalue weighted by Gasteiger charge is -2.36. The molecule has 0 aliphatic carbocycles. The highest BCUT2D eigenvalue weighted by Crippen LogP contribution is 2.30. The Bertz CT molecular complexity index is 1080. The Balaban J connectivity index is 1.46. The van der Waals surface area contributed by atoms with E-state index in [2.05, 4.69) is 35.4 Å². The van der Waals surface area contributed by atoms with Crippen molar-refractivity contribution < 1.29 is 9.90 Å². The number of aryl methyl sites for hydroxylation is 1. The molecule has 6 nitrogen and oxygen atoms in total. The highest BCUT2D eigenvalue weighted by molar-refractivity contribution is 5.83. The third-order valence-electron chi connectivity index (χ3n) is 5.42. The van der Waals surface area contributed by atoms with E-state index in [1.54, 1.807) is 17.9 Å². The lowest BCUT2D eigenvalue weighted by atomic mass is 9.86. The molecule has 1 fully saturated rings. The van der Waals surface area contributed by atoms with Gasteiger partial charge in [-0.2, -0.15) is 5.10 Å². The largest absolute Gasteiger partial charge is 0.391 e. The number of amides is 1. The fourth-order valence-corrected chi connectivity index (χ4v) is 3.88. The van der Waals surface area contributed by atoms with Crippen LogP contribution in [0, 0.1) is 6.92 Å². The van der Waals surface area contributed by atoms with Crippen LogP contribution in [0.4, 0.5) is 0 Å². The van der Waals surface area contributed by atoms with Crippen molar-refractivity contribution in [2.45, 2.75) is 31.9 Å². The van der Waals surface area contributed by atoms with Crippen LogP contribution in [-0.4, -0.2) is 44.9 Å². The van der Waals surface area contributed by atoms with Crippen molar-refractivity contribution in [1.82, 2.24) is 14.7 Å². The molecule has 1 amide bonds. The van der Waals surface area contributed by atoms with Gasteiger partial charge in [0.25, 0.3) is 5.56 Å². The summed E-state index contributed by atoms with van der Waals surface area (Å²) in [7, 11) is 0. The first kappa shape index (κ1) is 18.4. The van der Waals surface area contributed by atoms with Gasteiger partial charge < -0.3 is 10.0 Å². The smallest absolute Gasteiger partial charge is 0.267 e. The molecule has 2 aromatic carbocycles. The van der Waals surface area contributed by atoms with Crippen molar-refractivity contribution in [1.29, 1.82) is 0 Å². The molecular formula is C22H23N3O3. The van der Waals surface area contributed by atoms with Gasteiger partial charge in [0.05, 0.1) is 11.8 Å². The van der Waals surface area contributed by atoms with Crippen LogP contribution in [0.15, 0.2) is 59.4 Å². The summed E-state index contributed by atoms with van der Waals surface area (Å²) in [5.41, 5.74) is 1.47. The number of piperidine rings is 1. The van der Waals surface area contributed by atoms with Crippen LogP contribution >= 0.6 is 0 Å². The van der Waals surface area contributed by atoms with Gasteiger partial charge in [0.15, 0.2) is 0 Å². The van der Waals surface area contributed by atoms with Crippen molar-refractivity contribution in [3.63, 3.8) is 0 Å². The quantitative estimate of drug-likeness (QED) is 0.758. The SMILES string of the molecule is Cc1ccc(=O)n(CC(=O)N2CC[C@@H](c3ccc4ccccc4c3)[C@H](O)C2)n1. The number of fused-ring (bicyclic) bond motifs is 1. The molecule has 4 rings (SSSR count). The van der Waals surface area contributed by atoms with Crippen molar-refractivity contribution in [3.05, 3.63) is 76.2 Å². The molecule has 6 heteroatoms. The number of carbonyl (C=O) groups is 1. The minimum atomic E-state index is -0.638. The zero-order valence-corrected chi connectivity index (χ0v) is 15.8. The summed E-state index contributed by atoms with van der Waals surface area (Å²) in [6.07, 6.45) is 0.0440. The van der Waals surface area contributed by atoms with E-state index in [1.165, 1.54) is 16.1 Å². The first-order valence-corrected chi connectivity index (χ1v) is 9.50. The van der Waals surface area contributed by atoms with Crippen LogP contribution in [-0.2, 0) is 11.3 Å². The van der Waals surface area contributed by atoms with E-state index in [1.807, 2.05) is 12.1 Å². The Labute approximate surface area is 163 Å². The van der Waals surface area contributed by atoms with Crippen LogP contribution in [0.25, 0.3) is 10.8 Å². The van der Waals surface area contributed by atoms with E-state index in [9.17, 15) is 14.7 Å². The zero-order chi connectivity index (χ0) is 19.7. The Morgan fingerprint density at radius 3 is 2.71 bits per heavy atom. The highest BCUT2D eigenvalue weighted by Gasteiger charge is 2.31. The molecule has 1 aliphatic heterocycles. The number of rotatable bonds is 3. The van der Waals surface area contributed by atoms with Crippen LogP contribution in [0.1, 0.15) is 23.6 Å². The first-order chi connectivity index (χ1) is 13.5. The third kappa shape index (κ3) is 3.68. The van der Waals surface area contributed by atoms with Crippen LogP contribution in [0.5, 0.6) is 0 Å². The normalized spacial score (nSPS) is 19.7. The van der Waals surface area contributed by atoms with Gasteiger partial charge in [0.1, 0.15) is 6.54 Å². The van der Waals surface area contributed by atoms with E-state index < -0.39 is 6.10 Å². The summed E-state index contributed by atoms with van der Waals surface area (Å²) in [4.78, 5) is 26.1. The monoisotopic (exact) mass is 377 g/mol. The van der Waals surface area contributed by atoms with Gasteiger partial charge in [-0.15, -0.1) is 0 Å². The molecule has 1 saturated heterocycles. The average Bonchev–Trinajstić information content (AvgIpc) is 2.70. The number of benzene rings is 2. The molecule has 2 atom stereocenters. The molecule has 0 bridgehead atoms. The summed E-state index contributed by atoms with van der Waals surface area (Å²) in [6.45, 7) is 2.48. The predicted octanol–water partition coefficient (Wildman–Crippen LogP) is 2.08. The fourth-order valence-electron chi connectivity index (χ4n) is 3.88. The Hall–Kier alpha value is -2.99. The average molecular weight is 377 g/mol. The van der Waals surface area contributed by atoms with Crippen LogP contribution in [0.3, 0.4) is 0 Å². The number of carbonyl (C=O) groups excluding carboxylic acids is 1. The number of likely N-dealkylation sites (tertiary alicyclic amines) is 1. The third-order valence-corrected chi connectivity index (χ3v) is 5.42. The van der Waals surface area contributed by atoms with Crippen molar-refractivity contribution in [3.8, 4) is 0 Å². The Morgan fingerprint density at radius 1 is 1.14 bits per heavy atom. The molecule has 1 N–H and O–H groups in total. The van der Waals surface area contributed by atoms with Gasteiger partial charge in [0, 0.05) is 25.1 Å². The molecule has 2 heterocycles. The molecule has 0 spiro atoms. The number of aliphatic hydroxyl groups excluding tert-OH is 1. The molecule has 28 heavy (non-hydrogen) atoms. The number of nitrogens with zero attached hydrogens (tertiary/aromatic N) is 3. The maximum absolute atomic E-state index is 12.6. The number of hydrogen-bond donors (Lipinski definition) is 1. The number of β-amino-alcohol motifs (C(OH)–C–C–N with tert-alkyl or cyclic N) is 1. The second-order valence-corrected chi connectivity index (χ2v) is 7.38. The number of aromatic nitrogens is 2. The molecule has 1 aliphatic rings. The predicted molar refractivity (Wildman–Crippen MR) is 107 cm³/mol. The standard InChI is InChI=1S/C22H23N3O3/c1-15-6-9-21(27)25(23-15)14-22(28)24-11-10-19(20(26)13-24)18-8-7-16-4-2-3-5-17(16)12-18/h2-9,12,19-20,26H,10-11,13-14H2,1H3/t19-,20+/m0/s1. The molecule has 3 aromatic rings. The van der Waals surface area contributed by atoms with E-state index in [0.29, 0.717) is 18.7 Å². The number of hydrogen-bond acceptors (Lipinski definition) is 4. The maximum Gasteiger partial charge on any atom is 0.267 e. The maximum atomic E-state index is 12.6. The summed E-state index contributed by atoms with van der Waals surface area (Å²) < 4.78 is 1.18. The minimum Gasteiger partial charge on any atom is -0.391 e. The number of aliphatic hydroxyl groups is 1. The molecule has 1 aromatic heterocycles. The first-order valence-electron chi connectivity index (χ1n) is 9.50.